The van der Waals surface area contributed by atoms with Crippen LogP contribution < -0.4 is 5.32 Å². The number of aromatic nitrogens is 2. The molecule has 0 aromatic carbocycles. The summed E-state index contributed by atoms with van der Waals surface area (Å²) in [6.07, 6.45) is 2.79. The Kier molecular flexibility index (Phi) is 5.73. The second-order valence-corrected chi connectivity index (χ2v) is 4.94. The van der Waals surface area contributed by atoms with Gasteiger partial charge in [-0.05, 0) is 19.8 Å². The predicted octanol–water partition coefficient (Wildman–Crippen LogP) is 2.86. The lowest BCUT2D eigenvalue weighted by Crippen LogP contribution is -2.20. The number of anilines is 1. The molecule has 0 bridgehead atoms. The smallest absolute Gasteiger partial charge is 0.159 e. The Balaban J connectivity index is 2.32. The highest BCUT2D eigenvalue weighted by molar-refractivity contribution is 5.47. The molecular formula is C15H25N3O2. The average molecular weight is 279 g/mol. The molecule has 1 atom stereocenters. The first-order valence-corrected chi connectivity index (χ1v) is 7.63. The van der Waals surface area contributed by atoms with Gasteiger partial charge in [-0.2, -0.15) is 0 Å². The Bertz CT molecular complexity index is 437. The van der Waals surface area contributed by atoms with Gasteiger partial charge < -0.3 is 14.8 Å². The van der Waals surface area contributed by atoms with Crippen LogP contribution in [0.5, 0.6) is 0 Å². The van der Waals surface area contributed by atoms with Crippen molar-refractivity contribution in [3.8, 4) is 0 Å². The Morgan fingerprint density at radius 3 is 2.85 bits per heavy atom. The summed E-state index contributed by atoms with van der Waals surface area (Å²) in [4.78, 5) is 9.40. The minimum atomic E-state index is -0.0182. The lowest BCUT2D eigenvalue weighted by molar-refractivity contribution is 0.0526. The van der Waals surface area contributed by atoms with E-state index < -0.39 is 0 Å². The first-order valence-electron chi connectivity index (χ1n) is 7.63. The van der Waals surface area contributed by atoms with Crippen molar-refractivity contribution in [3.63, 3.8) is 0 Å². The number of nitrogens with one attached hydrogen (secondary N) is 1. The molecule has 0 spiro atoms. The van der Waals surface area contributed by atoms with E-state index in [0.717, 1.165) is 55.3 Å². The SMILES string of the molecule is CCCNc1nc(C(CC)OCC)nc2c1COCC2. The molecule has 1 N–H and O–H groups in total. The summed E-state index contributed by atoms with van der Waals surface area (Å²) >= 11 is 0. The first-order chi connectivity index (χ1) is 9.80. The van der Waals surface area contributed by atoms with Crippen LogP contribution in [0.3, 0.4) is 0 Å². The third kappa shape index (κ3) is 3.46. The number of rotatable bonds is 7. The molecule has 20 heavy (non-hydrogen) atoms. The number of nitrogens with zero attached hydrogens (tertiary/aromatic N) is 2. The highest BCUT2D eigenvalue weighted by atomic mass is 16.5. The molecule has 0 amide bonds. The number of hydrogen-bond donors (Lipinski definition) is 1. The van der Waals surface area contributed by atoms with Gasteiger partial charge in [-0.25, -0.2) is 9.97 Å². The standard InChI is InChI=1S/C15H25N3O2/c1-4-8-16-14-11-10-19-9-7-12(11)17-15(18-14)13(5-2)20-6-3/h13H,4-10H2,1-3H3,(H,16,17,18). The van der Waals surface area contributed by atoms with Gasteiger partial charge in [-0.1, -0.05) is 13.8 Å². The molecule has 5 heteroatoms. The normalized spacial score (nSPS) is 15.8. The molecule has 112 valence electrons. The molecule has 2 heterocycles. The second-order valence-electron chi connectivity index (χ2n) is 4.94. The fourth-order valence-electron chi connectivity index (χ4n) is 2.36. The molecule has 1 unspecified atom stereocenters. The lowest BCUT2D eigenvalue weighted by atomic mass is 10.1. The Hall–Kier alpha value is -1.20. The van der Waals surface area contributed by atoms with Crippen molar-refractivity contribution < 1.29 is 9.47 Å². The minimum Gasteiger partial charge on any atom is -0.376 e. The summed E-state index contributed by atoms with van der Waals surface area (Å²) in [5.74, 6) is 1.72. The van der Waals surface area contributed by atoms with Crippen LogP contribution in [0.25, 0.3) is 0 Å². The van der Waals surface area contributed by atoms with Crippen LogP contribution in [0.1, 0.15) is 56.8 Å². The van der Waals surface area contributed by atoms with Crippen molar-refractivity contribution in [2.75, 3.05) is 25.1 Å². The van der Waals surface area contributed by atoms with Crippen LogP contribution in [0, 0.1) is 0 Å². The van der Waals surface area contributed by atoms with Crippen LogP contribution in [0.4, 0.5) is 5.82 Å². The van der Waals surface area contributed by atoms with E-state index in [0.29, 0.717) is 13.2 Å². The Labute approximate surface area is 121 Å². The summed E-state index contributed by atoms with van der Waals surface area (Å²) in [7, 11) is 0. The molecule has 0 radical (unpaired) electrons. The molecule has 5 nitrogen and oxygen atoms in total. The van der Waals surface area contributed by atoms with Crippen LogP contribution in [0.2, 0.25) is 0 Å². The summed E-state index contributed by atoms with van der Waals surface area (Å²) in [5.41, 5.74) is 2.22. The summed E-state index contributed by atoms with van der Waals surface area (Å²) in [6.45, 7) is 9.19. The highest BCUT2D eigenvalue weighted by Crippen LogP contribution is 2.26. The van der Waals surface area contributed by atoms with Crippen molar-refractivity contribution in [3.05, 3.63) is 17.1 Å². The van der Waals surface area contributed by atoms with Crippen molar-refractivity contribution in [2.24, 2.45) is 0 Å². The van der Waals surface area contributed by atoms with Gasteiger partial charge in [-0.3, -0.25) is 0 Å². The van der Waals surface area contributed by atoms with Crippen molar-refractivity contribution in [2.45, 2.75) is 52.7 Å². The fourth-order valence-corrected chi connectivity index (χ4v) is 2.36. The minimum absolute atomic E-state index is 0.0182. The van der Waals surface area contributed by atoms with Crippen molar-refractivity contribution >= 4 is 5.82 Å². The molecule has 0 saturated carbocycles. The maximum absolute atomic E-state index is 5.74. The molecule has 1 aliphatic heterocycles. The molecule has 1 aromatic rings. The maximum Gasteiger partial charge on any atom is 0.159 e. The first kappa shape index (κ1) is 15.2. The summed E-state index contributed by atoms with van der Waals surface area (Å²) in [6, 6.07) is 0. The molecule has 2 rings (SSSR count). The molecule has 1 aromatic heterocycles. The Morgan fingerprint density at radius 1 is 1.30 bits per heavy atom. The average Bonchev–Trinajstić information content (AvgIpc) is 2.50. The van der Waals surface area contributed by atoms with Gasteiger partial charge >= 0.3 is 0 Å². The van der Waals surface area contributed by atoms with Crippen molar-refractivity contribution in [1.29, 1.82) is 0 Å². The van der Waals surface area contributed by atoms with E-state index in [2.05, 4.69) is 24.1 Å². The zero-order chi connectivity index (χ0) is 14.4. The summed E-state index contributed by atoms with van der Waals surface area (Å²) < 4.78 is 11.3. The topological polar surface area (TPSA) is 56.3 Å². The van der Waals surface area contributed by atoms with Crippen LogP contribution in [0.15, 0.2) is 0 Å². The third-order valence-corrected chi connectivity index (χ3v) is 3.41. The molecule has 0 aliphatic carbocycles. The molecule has 0 fully saturated rings. The van der Waals surface area contributed by atoms with Gasteiger partial charge in [-0.15, -0.1) is 0 Å². The molecular weight excluding hydrogens is 254 g/mol. The second kappa shape index (κ2) is 7.55. The van der Waals surface area contributed by atoms with Gasteiger partial charge in [0.1, 0.15) is 11.9 Å². The van der Waals surface area contributed by atoms with E-state index in [-0.39, 0.29) is 6.10 Å². The zero-order valence-electron chi connectivity index (χ0n) is 12.7. The number of hydrogen-bond acceptors (Lipinski definition) is 5. The fraction of sp³-hybridized carbons (Fsp3) is 0.733. The largest absolute Gasteiger partial charge is 0.376 e. The van der Waals surface area contributed by atoms with Crippen LogP contribution in [-0.4, -0.2) is 29.7 Å². The summed E-state index contributed by atoms with van der Waals surface area (Å²) in [5, 5.41) is 3.40. The Morgan fingerprint density at radius 2 is 2.15 bits per heavy atom. The van der Waals surface area contributed by atoms with E-state index in [1.54, 1.807) is 0 Å². The lowest BCUT2D eigenvalue weighted by Gasteiger charge is -2.22. The molecule has 0 saturated heterocycles. The van der Waals surface area contributed by atoms with E-state index in [9.17, 15) is 0 Å². The third-order valence-electron chi connectivity index (χ3n) is 3.41. The maximum atomic E-state index is 5.74. The van der Waals surface area contributed by atoms with Crippen LogP contribution >= 0.6 is 0 Å². The van der Waals surface area contributed by atoms with E-state index >= 15 is 0 Å². The van der Waals surface area contributed by atoms with Gasteiger partial charge in [0.2, 0.25) is 0 Å². The van der Waals surface area contributed by atoms with Gasteiger partial charge in [0.05, 0.1) is 18.9 Å². The van der Waals surface area contributed by atoms with Crippen LogP contribution in [-0.2, 0) is 22.5 Å². The van der Waals surface area contributed by atoms with E-state index in [1.807, 2.05) is 6.92 Å². The number of ether oxygens (including phenoxy) is 2. The van der Waals surface area contributed by atoms with Crippen molar-refractivity contribution in [1.82, 2.24) is 9.97 Å². The quantitative estimate of drug-likeness (QED) is 0.831. The van der Waals surface area contributed by atoms with E-state index in [4.69, 9.17) is 14.5 Å². The molecule has 1 aliphatic rings. The van der Waals surface area contributed by atoms with Gasteiger partial charge in [0.25, 0.3) is 0 Å². The van der Waals surface area contributed by atoms with E-state index in [1.165, 1.54) is 0 Å². The zero-order valence-corrected chi connectivity index (χ0v) is 12.7. The highest BCUT2D eigenvalue weighted by Gasteiger charge is 2.21. The predicted molar refractivity (Wildman–Crippen MR) is 78.8 cm³/mol. The monoisotopic (exact) mass is 279 g/mol. The van der Waals surface area contributed by atoms with Gasteiger partial charge in [0, 0.05) is 25.1 Å². The van der Waals surface area contributed by atoms with Gasteiger partial charge in [0.15, 0.2) is 5.82 Å². The number of fused-ring (bicyclic) bond motifs is 1.